The highest BCUT2D eigenvalue weighted by Gasteiger charge is 2.20. The van der Waals surface area contributed by atoms with E-state index in [2.05, 4.69) is 0 Å². The first-order valence-electron chi connectivity index (χ1n) is 6.58. The Morgan fingerprint density at radius 3 is 2.60 bits per heavy atom. The minimum absolute atomic E-state index is 0.153. The fourth-order valence-corrected chi connectivity index (χ4v) is 3.96. The SMILES string of the molecule is CCCS(=O)(=O)c1ccccc1N(C)CC(Cl)COC. The van der Waals surface area contributed by atoms with Gasteiger partial charge in [-0.15, -0.1) is 11.6 Å². The Labute approximate surface area is 126 Å². The average Bonchev–Trinajstić information content (AvgIpc) is 2.39. The number of hydrogen-bond acceptors (Lipinski definition) is 4. The molecule has 0 saturated heterocycles. The molecule has 0 amide bonds. The van der Waals surface area contributed by atoms with Crippen LogP contribution in [-0.2, 0) is 14.6 Å². The summed E-state index contributed by atoms with van der Waals surface area (Å²) < 4.78 is 29.6. The summed E-state index contributed by atoms with van der Waals surface area (Å²) in [7, 11) is 0.181. The number of hydrogen-bond donors (Lipinski definition) is 0. The number of benzene rings is 1. The predicted octanol–water partition coefficient (Wildman–Crippen LogP) is 2.56. The Morgan fingerprint density at radius 2 is 2.00 bits per heavy atom. The molecule has 4 nitrogen and oxygen atoms in total. The van der Waals surface area contributed by atoms with Crippen molar-refractivity contribution < 1.29 is 13.2 Å². The molecule has 0 spiro atoms. The Hall–Kier alpha value is -0.780. The van der Waals surface area contributed by atoms with Crippen LogP contribution in [-0.4, -0.2) is 46.9 Å². The molecule has 1 atom stereocenters. The molecule has 0 bridgehead atoms. The molecule has 1 rings (SSSR count). The van der Waals surface area contributed by atoms with Crippen LogP contribution >= 0.6 is 11.6 Å². The second-order valence-electron chi connectivity index (χ2n) is 4.72. The van der Waals surface area contributed by atoms with Gasteiger partial charge in [0.25, 0.3) is 0 Å². The third-order valence-electron chi connectivity index (χ3n) is 2.90. The van der Waals surface area contributed by atoms with Gasteiger partial charge in [-0.2, -0.15) is 0 Å². The smallest absolute Gasteiger partial charge is 0.180 e. The monoisotopic (exact) mass is 319 g/mol. The van der Waals surface area contributed by atoms with Crippen molar-refractivity contribution in [2.75, 3.05) is 38.0 Å². The maximum atomic E-state index is 12.3. The zero-order chi connectivity index (χ0) is 15.2. The van der Waals surface area contributed by atoms with Crippen LogP contribution in [0.4, 0.5) is 5.69 Å². The van der Waals surface area contributed by atoms with Gasteiger partial charge in [0.05, 0.1) is 28.3 Å². The van der Waals surface area contributed by atoms with E-state index in [-0.39, 0.29) is 11.1 Å². The van der Waals surface area contributed by atoms with Gasteiger partial charge in [0, 0.05) is 20.7 Å². The van der Waals surface area contributed by atoms with E-state index in [0.29, 0.717) is 30.2 Å². The lowest BCUT2D eigenvalue weighted by Crippen LogP contribution is -2.29. The molecule has 0 fully saturated rings. The molecule has 6 heteroatoms. The van der Waals surface area contributed by atoms with E-state index in [0.717, 1.165) is 0 Å². The van der Waals surface area contributed by atoms with Gasteiger partial charge in [-0.3, -0.25) is 0 Å². The van der Waals surface area contributed by atoms with E-state index in [4.69, 9.17) is 16.3 Å². The van der Waals surface area contributed by atoms with Crippen molar-refractivity contribution in [2.45, 2.75) is 23.6 Å². The van der Waals surface area contributed by atoms with Crippen LogP contribution in [0.25, 0.3) is 0 Å². The molecule has 0 aliphatic heterocycles. The van der Waals surface area contributed by atoms with Crippen LogP contribution in [0.3, 0.4) is 0 Å². The summed E-state index contributed by atoms with van der Waals surface area (Å²) in [5.41, 5.74) is 0.683. The van der Waals surface area contributed by atoms with Crippen molar-refractivity contribution in [3.8, 4) is 0 Å². The molecule has 114 valence electrons. The van der Waals surface area contributed by atoms with Crippen molar-refractivity contribution >= 4 is 27.1 Å². The molecule has 0 heterocycles. The van der Waals surface area contributed by atoms with Crippen LogP contribution in [0.2, 0.25) is 0 Å². The summed E-state index contributed by atoms with van der Waals surface area (Å²) in [4.78, 5) is 2.23. The molecule has 0 aromatic heterocycles. The molecule has 0 aliphatic rings. The normalized spacial score (nSPS) is 13.2. The fraction of sp³-hybridized carbons (Fsp3) is 0.571. The van der Waals surface area contributed by atoms with Crippen molar-refractivity contribution in [3.63, 3.8) is 0 Å². The molecule has 0 N–H and O–H groups in total. The fourth-order valence-electron chi connectivity index (χ4n) is 2.04. The quantitative estimate of drug-likeness (QED) is 0.691. The molecule has 0 aliphatic carbocycles. The number of nitrogens with zero attached hydrogens (tertiary/aromatic N) is 1. The van der Waals surface area contributed by atoms with Crippen LogP contribution in [0.1, 0.15) is 13.3 Å². The first-order valence-corrected chi connectivity index (χ1v) is 8.67. The number of alkyl halides is 1. The Kier molecular flexibility index (Phi) is 6.79. The Bertz CT molecular complexity index is 519. The lowest BCUT2D eigenvalue weighted by atomic mass is 10.3. The molecular formula is C14H22ClNO3S. The summed E-state index contributed by atoms with van der Waals surface area (Å²) in [6.07, 6.45) is 0.599. The first-order chi connectivity index (χ1) is 9.42. The number of anilines is 1. The molecule has 1 unspecified atom stereocenters. The van der Waals surface area contributed by atoms with E-state index in [1.54, 1.807) is 25.3 Å². The van der Waals surface area contributed by atoms with Gasteiger partial charge >= 0.3 is 0 Å². The van der Waals surface area contributed by atoms with E-state index in [9.17, 15) is 8.42 Å². The summed E-state index contributed by atoms with van der Waals surface area (Å²) in [5.74, 6) is 0.153. The second-order valence-corrected chi connectivity index (χ2v) is 7.41. The summed E-state index contributed by atoms with van der Waals surface area (Å²) in [6, 6.07) is 7.03. The minimum atomic E-state index is -3.25. The summed E-state index contributed by atoms with van der Waals surface area (Å²) in [5, 5.41) is -0.188. The maximum absolute atomic E-state index is 12.3. The van der Waals surface area contributed by atoms with Crippen molar-refractivity contribution in [1.29, 1.82) is 0 Å². The van der Waals surface area contributed by atoms with Crippen molar-refractivity contribution in [3.05, 3.63) is 24.3 Å². The van der Waals surface area contributed by atoms with Crippen LogP contribution < -0.4 is 4.90 Å². The lowest BCUT2D eigenvalue weighted by Gasteiger charge is -2.24. The number of sulfone groups is 1. The molecule has 20 heavy (non-hydrogen) atoms. The van der Waals surface area contributed by atoms with Gasteiger partial charge in [-0.25, -0.2) is 8.42 Å². The van der Waals surface area contributed by atoms with Gasteiger partial charge in [-0.1, -0.05) is 19.1 Å². The van der Waals surface area contributed by atoms with Gasteiger partial charge < -0.3 is 9.64 Å². The Morgan fingerprint density at radius 1 is 1.35 bits per heavy atom. The van der Waals surface area contributed by atoms with Crippen molar-refractivity contribution in [1.82, 2.24) is 0 Å². The third-order valence-corrected chi connectivity index (χ3v) is 5.13. The van der Waals surface area contributed by atoms with E-state index in [1.165, 1.54) is 0 Å². The molecular weight excluding hydrogens is 298 g/mol. The lowest BCUT2D eigenvalue weighted by molar-refractivity contribution is 0.199. The first kappa shape index (κ1) is 17.3. The summed E-state index contributed by atoms with van der Waals surface area (Å²) >= 11 is 6.14. The zero-order valence-electron chi connectivity index (χ0n) is 12.2. The van der Waals surface area contributed by atoms with Crippen LogP contribution in [0, 0.1) is 0 Å². The maximum Gasteiger partial charge on any atom is 0.180 e. The van der Waals surface area contributed by atoms with E-state index < -0.39 is 9.84 Å². The van der Waals surface area contributed by atoms with Crippen molar-refractivity contribution in [2.24, 2.45) is 0 Å². The standard InChI is InChI=1S/C14H22ClNO3S/c1-4-9-20(17,18)14-8-6-5-7-13(14)16(2)10-12(15)11-19-3/h5-8,12H,4,9-11H2,1-3H3. The zero-order valence-corrected chi connectivity index (χ0v) is 13.7. The molecule has 1 aromatic rings. The average molecular weight is 320 g/mol. The number of rotatable bonds is 8. The summed E-state index contributed by atoms with van der Waals surface area (Å²) in [6.45, 7) is 2.81. The highest BCUT2D eigenvalue weighted by molar-refractivity contribution is 7.91. The Balaban J connectivity index is 3.01. The largest absolute Gasteiger partial charge is 0.383 e. The highest BCUT2D eigenvalue weighted by atomic mass is 35.5. The third kappa shape index (κ3) is 4.65. The topological polar surface area (TPSA) is 46.6 Å². The molecule has 0 saturated carbocycles. The number of para-hydroxylation sites is 1. The van der Waals surface area contributed by atoms with E-state index in [1.807, 2.05) is 24.9 Å². The van der Waals surface area contributed by atoms with Gasteiger partial charge in [0.1, 0.15) is 0 Å². The molecule has 0 radical (unpaired) electrons. The number of halogens is 1. The number of ether oxygens (including phenoxy) is 1. The van der Waals surface area contributed by atoms with E-state index >= 15 is 0 Å². The number of methoxy groups -OCH3 is 1. The second kappa shape index (κ2) is 7.86. The predicted molar refractivity (Wildman–Crippen MR) is 83.6 cm³/mol. The van der Waals surface area contributed by atoms with Gasteiger partial charge in [0.15, 0.2) is 9.84 Å². The minimum Gasteiger partial charge on any atom is -0.383 e. The molecule has 1 aromatic carbocycles. The van der Waals surface area contributed by atoms with Crippen LogP contribution in [0.5, 0.6) is 0 Å². The highest BCUT2D eigenvalue weighted by Crippen LogP contribution is 2.26. The van der Waals surface area contributed by atoms with Gasteiger partial charge in [-0.05, 0) is 18.6 Å². The van der Waals surface area contributed by atoms with Gasteiger partial charge in [0.2, 0.25) is 0 Å². The van der Waals surface area contributed by atoms with Crippen LogP contribution in [0.15, 0.2) is 29.2 Å².